The van der Waals surface area contributed by atoms with Crippen molar-refractivity contribution in [1.29, 1.82) is 0 Å². The number of carbonyl (C=O) groups excluding carboxylic acids is 2. The van der Waals surface area contributed by atoms with Gasteiger partial charge in [0.1, 0.15) is 6.29 Å². The maximum absolute atomic E-state index is 12.3. The number of hydrogen-bond acceptors (Lipinski definition) is 2. The molecule has 0 unspecified atom stereocenters. The lowest BCUT2D eigenvalue weighted by Crippen LogP contribution is -2.23. The molecule has 0 saturated carbocycles. The number of carbonyl (C=O) groups is 2. The van der Waals surface area contributed by atoms with Crippen molar-refractivity contribution in [3.05, 3.63) is 93.5 Å². The molecule has 3 aromatic rings. The zero-order chi connectivity index (χ0) is 18.5. The first-order valence-electron chi connectivity index (χ1n) is 7.94. The van der Waals surface area contributed by atoms with E-state index in [1.807, 2.05) is 42.5 Å². The summed E-state index contributed by atoms with van der Waals surface area (Å²) in [5.41, 5.74) is 3.87. The third-order valence-electron chi connectivity index (χ3n) is 3.91. The molecule has 3 rings (SSSR count). The summed E-state index contributed by atoms with van der Waals surface area (Å²) in [6, 6.07) is 19.9. The minimum Gasteiger partial charge on any atom is -0.348 e. The summed E-state index contributed by atoms with van der Waals surface area (Å²) in [6.45, 7) is 0.360. The minimum atomic E-state index is -0.264. The van der Waals surface area contributed by atoms with Crippen molar-refractivity contribution < 1.29 is 9.59 Å². The van der Waals surface area contributed by atoms with E-state index in [0.717, 1.165) is 23.0 Å². The van der Waals surface area contributed by atoms with Gasteiger partial charge in [0.15, 0.2) is 0 Å². The van der Waals surface area contributed by atoms with Gasteiger partial charge in [0.25, 0.3) is 5.91 Å². The third-order valence-corrected chi connectivity index (χ3v) is 4.46. The first-order chi connectivity index (χ1) is 12.6. The van der Waals surface area contributed by atoms with Crippen molar-refractivity contribution >= 4 is 35.4 Å². The van der Waals surface area contributed by atoms with Crippen LogP contribution in [-0.2, 0) is 6.54 Å². The Hall–Kier alpha value is -2.62. The average Bonchev–Trinajstić information content (AvgIpc) is 2.66. The van der Waals surface area contributed by atoms with Crippen LogP contribution in [0.5, 0.6) is 0 Å². The van der Waals surface area contributed by atoms with E-state index < -0.39 is 0 Å². The van der Waals surface area contributed by atoms with E-state index in [1.54, 1.807) is 24.3 Å². The topological polar surface area (TPSA) is 46.2 Å². The van der Waals surface area contributed by atoms with Gasteiger partial charge in [-0.1, -0.05) is 59.6 Å². The molecule has 0 radical (unpaired) electrons. The monoisotopic (exact) mass is 383 g/mol. The van der Waals surface area contributed by atoms with Crippen molar-refractivity contribution in [3.63, 3.8) is 0 Å². The van der Waals surface area contributed by atoms with Crippen LogP contribution in [0.1, 0.15) is 26.3 Å². The number of rotatable bonds is 5. The Balaban J connectivity index is 1.74. The van der Waals surface area contributed by atoms with Crippen LogP contribution in [0.3, 0.4) is 0 Å². The molecule has 0 aliphatic carbocycles. The van der Waals surface area contributed by atoms with Crippen molar-refractivity contribution in [3.8, 4) is 11.1 Å². The van der Waals surface area contributed by atoms with Crippen LogP contribution in [-0.4, -0.2) is 12.2 Å². The Morgan fingerprint density at radius 1 is 0.923 bits per heavy atom. The van der Waals surface area contributed by atoms with Gasteiger partial charge in [-0.3, -0.25) is 9.59 Å². The van der Waals surface area contributed by atoms with E-state index in [-0.39, 0.29) is 5.91 Å². The summed E-state index contributed by atoms with van der Waals surface area (Å²) in [7, 11) is 0. The smallest absolute Gasteiger partial charge is 0.253 e. The Labute approximate surface area is 161 Å². The molecule has 0 atom stereocenters. The van der Waals surface area contributed by atoms with Crippen molar-refractivity contribution in [2.45, 2.75) is 6.54 Å². The minimum absolute atomic E-state index is 0.264. The van der Waals surface area contributed by atoms with Crippen LogP contribution >= 0.6 is 23.2 Å². The second kappa shape index (κ2) is 8.17. The predicted molar refractivity (Wildman–Crippen MR) is 105 cm³/mol. The van der Waals surface area contributed by atoms with E-state index >= 15 is 0 Å². The molecule has 1 amide bonds. The van der Waals surface area contributed by atoms with Crippen LogP contribution < -0.4 is 5.32 Å². The number of amides is 1. The molecule has 0 fully saturated rings. The molecule has 5 heteroatoms. The summed E-state index contributed by atoms with van der Waals surface area (Å²) in [5.74, 6) is -0.264. The Kier molecular flexibility index (Phi) is 5.71. The maximum Gasteiger partial charge on any atom is 0.253 e. The summed E-state index contributed by atoms with van der Waals surface area (Å²) >= 11 is 11.9. The van der Waals surface area contributed by atoms with Gasteiger partial charge >= 0.3 is 0 Å². The highest BCUT2D eigenvalue weighted by Crippen LogP contribution is 2.22. The summed E-state index contributed by atoms with van der Waals surface area (Å²) in [5, 5.41) is 3.65. The van der Waals surface area contributed by atoms with Gasteiger partial charge in [0, 0.05) is 17.1 Å². The predicted octanol–water partition coefficient (Wildman–Crippen LogP) is 5.40. The Morgan fingerprint density at radius 3 is 2.38 bits per heavy atom. The van der Waals surface area contributed by atoms with Crippen LogP contribution in [0.25, 0.3) is 11.1 Å². The van der Waals surface area contributed by atoms with Gasteiger partial charge in [-0.2, -0.15) is 0 Å². The Bertz CT molecular complexity index is 970. The summed E-state index contributed by atoms with van der Waals surface area (Å²) in [6.07, 6.45) is 0.823. The van der Waals surface area contributed by atoms with Crippen molar-refractivity contribution in [2.24, 2.45) is 0 Å². The largest absolute Gasteiger partial charge is 0.348 e. The van der Waals surface area contributed by atoms with E-state index in [2.05, 4.69) is 5.32 Å². The van der Waals surface area contributed by atoms with Gasteiger partial charge in [-0.25, -0.2) is 0 Å². The van der Waals surface area contributed by atoms with Crippen molar-refractivity contribution in [1.82, 2.24) is 5.32 Å². The molecule has 0 aliphatic rings. The summed E-state index contributed by atoms with van der Waals surface area (Å²) in [4.78, 5) is 23.3. The third kappa shape index (κ3) is 4.31. The molecule has 0 bridgehead atoms. The molecule has 0 heterocycles. The lowest BCUT2D eigenvalue weighted by Gasteiger charge is -2.09. The Morgan fingerprint density at radius 2 is 1.65 bits per heavy atom. The summed E-state index contributed by atoms with van der Waals surface area (Å²) < 4.78 is 0. The fraction of sp³-hybridized carbons (Fsp3) is 0.0476. The fourth-order valence-electron chi connectivity index (χ4n) is 2.60. The van der Waals surface area contributed by atoms with E-state index in [9.17, 15) is 9.59 Å². The highest BCUT2D eigenvalue weighted by molar-refractivity contribution is 6.36. The number of benzene rings is 3. The molecular formula is C21H15Cl2NO2. The zero-order valence-electron chi connectivity index (χ0n) is 13.7. The van der Waals surface area contributed by atoms with Gasteiger partial charge < -0.3 is 5.32 Å². The molecule has 1 N–H and O–H groups in total. The SMILES string of the molecule is O=Cc1cccc(-c2cccc(CNC(=O)c3ccc(Cl)cc3Cl)c2)c1. The number of nitrogens with one attached hydrogen (secondary N) is 1. The second-order valence-electron chi connectivity index (χ2n) is 5.75. The standard InChI is InChI=1S/C21H15Cl2NO2/c22-18-7-8-19(20(23)11-18)21(26)24-12-14-3-1-5-16(9-14)17-6-2-4-15(10-17)13-25/h1-11,13H,12H2,(H,24,26). The van der Waals surface area contributed by atoms with Crippen LogP contribution in [0.2, 0.25) is 10.0 Å². The van der Waals surface area contributed by atoms with E-state index in [1.165, 1.54) is 0 Å². The maximum atomic E-state index is 12.3. The normalized spacial score (nSPS) is 10.4. The molecule has 3 aromatic carbocycles. The molecule has 0 spiro atoms. The van der Waals surface area contributed by atoms with Crippen LogP contribution in [0.15, 0.2) is 66.7 Å². The molecule has 3 nitrogen and oxygen atoms in total. The molecule has 130 valence electrons. The molecule has 0 saturated heterocycles. The molecule has 26 heavy (non-hydrogen) atoms. The van der Waals surface area contributed by atoms with Gasteiger partial charge in [-0.15, -0.1) is 0 Å². The van der Waals surface area contributed by atoms with Crippen LogP contribution in [0.4, 0.5) is 0 Å². The highest BCUT2D eigenvalue weighted by Gasteiger charge is 2.10. The molecule has 0 aromatic heterocycles. The first-order valence-corrected chi connectivity index (χ1v) is 8.70. The van der Waals surface area contributed by atoms with Gasteiger partial charge in [0.2, 0.25) is 0 Å². The van der Waals surface area contributed by atoms with E-state index in [0.29, 0.717) is 27.7 Å². The zero-order valence-corrected chi connectivity index (χ0v) is 15.2. The number of hydrogen-bond donors (Lipinski definition) is 1. The van der Waals surface area contributed by atoms with Crippen LogP contribution in [0, 0.1) is 0 Å². The molecule has 0 aliphatic heterocycles. The van der Waals surface area contributed by atoms with Gasteiger partial charge in [-0.05, 0) is 47.0 Å². The number of aldehydes is 1. The quantitative estimate of drug-likeness (QED) is 0.599. The first kappa shape index (κ1) is 18.2. The van der Waals surface area contributed by atoms with Gasteiger partial charge in [0.05, 0.1) is 10.6 Å². The molecular weight excluding hydrogens is 369 g/mol. The highest BCUT2D eigenvalue weighted by atomic mass is 35.5. The van der Waals surface area contributed by atoms with E-state index in [4.69, 9.17) is 23.2 Å². The lowest BCUT2D eigenvalue weighted by atomic mass is 10.0. The van der Waals surface area contributed by atoms with Crippen molar-refractivity contribution in [2.75, 3.05) is 0 Å². The second-order valence-corrected chi connectivity index (χ2v) is 6.59. The average molecular weight is 384 g/mol. The lowest BCUT2D eigenvalue weighted by molar-refractivity contribution is 0.0950. The number of halogens is 2. The fourth-order valence-corrected chi connectivity index (χ4v) is 3.10.